The van der Waals surface area contributed by atoms with Crippen molar-refractivity contribution >= 4 is 11.8 Å². The van der Waals surface area contributed by atoms with Crippen molar-refractivity contribution in [2.45, 2.75) is 0 Å². The molecule has 6 heteroatoms. The minimum absolute atomic E-state index is 0.153. The minimum atomic E-state index is -0.940. The van der Waals surface area contributed by atoms with Crippen LogP contribution in [0.15, 0.2) is 36.5 Å². The maximum Gasteiger partial charge on any atom is 0.323 e. The highest BCUT2D eigenvalue weighted by atomic mass is 19.1. The SMILES string of the molecule is CN(CC(=O)O)c1ccnc(-c2ccc(F)cc2)n1. The highest BCUT2D eigenvalue weighted by Crippen LogP contribution is 2.17. The summed E-state index contributed by atoms with van der Waals surface area (Å²) in [5.74, 6) is -0.348. The first-order chi connectivity index (χ1) is 9.06. The molecule has 1 aromatic carbocycles. The molecule has 98 valence electrons. The lowest BCUT2D eigenvalue weighted by atomic mass is 10.2. The van der Waals surface area contributed by atoms with Crippen LogP contribution in [-0.2, 0) is 4.79 Å². The van der Waals surface area contributed by atoms with Crippen LogP contribution >= 0.6 is 0 Å². The van der Waals surface area contributed by atoms with E-state index >= 15 is 0 Å². The summed E-state index contributed by atoms with van der Waals surface area (Å²) >= 11 is 0. The highest BCUT2D eigenvalue weighted by molar-refractivity contribution is 5.73. The van der Waals surface area contributed by atoms with Gasteiger partial charge in [0, 0.05) is 18.8 Å². The van der Waals surface area contributed by atoms with Crippen molar-refractivity contribution in [2.24, 2.45) is 0 Å². The van der Waals surface area contributed by atoms with Crippen LogP contribution in [0.2, 0.25) is 0 Å². The van der Waals surface area contributed by atoms with Crippen molar-refractivity contribution in [1.29, 1.82) is 0 Å². The molecule has 5 nitrogen and oxygen atoms in total. The molecule has 0 spiro atoms. The van der Waals surface area contributed by atoms with Crippen molar-refractivity contribution in [1.82, 2.24) is 9.97 Å². The summed E-state index contributed by atoms with van der Waals surface area (Å²) in [6, 6.07) is 7.42. The molecule has 2 rings (SSSR count). The Bertz CT molecular complexity index is 587. The fourth-order valence-electron chi connectivity index (χ4n) is 1.58. The van der Waals surface area contributed by atoms with Crippen LogP contribution in [0.5, 0.6) is 0 Å². The van der Waals surface area contributed by atoms with E-state index in [4.69, 9.17) is 5.11 Å². The molecule has 19 heavy (non-hydrogen) atoms. The van der Waals surface area contributed by atoms with Crippen molar-refractivity contribution < 1.29 is 14.3 Å². The standard InChI is InChI=1S/C13H12FN3O2/c1-17(8-12(18)19)11-6-7-15-13(16-11)9-2-4-10(14)5-3-9/h2-7H,8H2,1H3,(H,18,19). The first-order valence-corrected chi connectivity index (χ1v) is 5.58. The van der Waals surface area contributed by atoms with Gasteiger partial charge >= 0.3 is 5.97 Å². The molecule has 1 N–H and O–H groups in total. The lowest BCUT2D eigenvalue weighted by molar-refractivity contribution is -0.135. The summed E-state index contributed by atoms with van der Waals surface area (Å²) in [5, 5.41) is 8.74. The number of carboxylic acids is 1. The summed E-state index contributed by atoms with van der Waals surface area (Å²) in [4.78, 5) is 20.5. The average molecular weight is 261 g/mol. The number of rotatable bonds is 4. The maximum absolute atomic E-state index is 12.8. The zero-order valence-electron chi connectivity index (χ0n) is 10.2. The van der Waals surface area contributed by atoms with E-state index in [-0.39, 0.29) is 12.4 Å². The van der Waals surface area contributed by atoms with Crippen LogP contribution in [0.4, 0.5) is 10.2 Å². The van der Waals surface area contributed by atoms with E-state index in [1.165, 1.54) is 17.0 Å². The molecule has 0 saturated carbocycles. The number of halogens is 1. The van der Waals surface area contributed by atoms with Gasteiger partial charge in [-0.25, -0.2) is 14.4 Å². The Labute approximate surface area is 109 Å². The predicted octanol–water partition coefficient (Wildman–Crippen LogP) is 1.80. The van der Waals surface area contributed by atoms with E-state index in [9.17, 15) is 9.18 Å². The number of aliphatic carboxylic acids is 1. The van der Waals surface area contributed by atoms with Crippen molar-refractivity contribution in [3.8, 4) is 11.4 Å². The van der Waals surface area contributed by atoms with Gasteiger partial charge in [0.1, 0.15) is 18.2 Å². The number of benzene rings is 1. The third-order valence-corrected chi connectivity index (χ3v) is 2.51. The van der Waals surface area contributed by atoms with Crippen LogP contribution in [0.25, 0.3) is 11.4 Å². The van der Waals surface area contributed by atoms with Gasteiger partial charge in [0.2, 0.25) is 0 Å². The maximum atomic E-state index is 12.8. The van der Waals surface area contributed by atoms with Crippen molar-refractivity contribution in [3.05, 3.63) is 42.3 Å². The Morgan fingerprint density at radius 2 is 2.00 bits per heavy atom. The molecular weight excluding hydrogens is 249 g/mol. The van der Waals surface area contributed by atoms with Gasteiger partial charge in [0.15, 0.2) is 5.82 Å². The summed E-state index contributed by atoms with van der Waals surface area (Å²) < 4.78 is 12.8. The zero-order chi connectivity index (χ0) is 13.8. The molecule has 0 aliphatic rings. The molecule has 2 aromatic rings. The fraction of sp³-hybridized carbons (Fsp3) is 0.154. The minimum Gasteiger partial charge on any atom is -0.480 e. The van der Waals surface area contributed by atoms with Gasteiger partial charge in [-0.15, -0.1) is 0 Å². The molecule has 0 radical (unpaired) electrons. The first kappa shape index (κ1) is 12.9. The van der Waals surface area contributed by atoms with Crippen molar-refractivity contribution in [3.63, 3.8) is 0 Å². The Hall–Kier alpha value is -2.50. The number of hydrogen-bond acceptors (Lipinski definition) is 4. The van der Waals surface area contributed by atoms with Gasteiger partial charge in [-0.2, -0.15) is 0 Å². The molecule has 0 atom stereocenters. The number of carbonyl (C=O) groups is 1. The van der Waals surface area contributed by atoms with Crippen LogP contribution in [-0.4, -0.2) is 34.6 Å². The number of anilines is 1. The molecule has 0 saturated heterocycles. The van der Waals surface area contributed by atoms with E-state index in [2.05, 4.69) is 9.97 Å². The van der Waals surface area contributed by atoms with Gasteiger partial charge in [-0.05, 0) is 30.3 Å². The molecular formula is C13H12FN3O2. The van der Waals surface area contributed by atoms with Crippen LogP contribution in [0.3, 0.4) is 0 Å². The Morgan fingerprint density at radius 3 is 2.63 bits per heavy atom. The summed E-state index contributed by atoms with van der Waals surface area (Å²) in [5.41, 5.74) is 0.673. The van der Waals surface area contributed by atoms with Gasteiger partial charge in [-0.1, -0.05) is 0 Å². The predicted molar refractivity (Wildman–Crippen MR) is 68.3 cm³/mol. The zero-order valence-corrected chi connectivity index (χ0v) is 10.2. The molecule has 0 fully saturated rings. The topological polar surface area (TPSA) is 66.3 Å². The number of carboxylic acid groups (broad SMARTS) is 1. The number of hydrogen-bond donors (Lipinski definition) is 1. The Kier molecular flexibility index (Phi) is 3.70. The smallest absolute Gasteiger partial charge is 0.323 e. The van der Waals surface area contributed by atoms with E-state index in [0.29, 0.717) is 17.2 Å². The monoisotopic (exact) mass is 261 g/mol. The molecule has 1 aromatic heterocycles. The summed E-state index contributed by atoms with van der Waals surface area (Å²) in [6.45, 7) is -0.153. The van der Waals surface area contributed by atoms with Gasteiger partial charge in [0.25, 0.3) is 0 Å². The number of likely N-dealkylation sites (N-methyl/N-ethyl adjacent to an activating group) is 1. The molecule has 0 aliphatic carbocycles. The van der Waals surface area contributed by atoms with E-state index in [1.807, 2.05) is 0 Å². The van der Waals surface area contributed by atoms with Crippen LogP contribution < -0.4 is 4.90 Å². The average Bonchev–Trinajstić information content (AvgIpc) is 2.39. The number of aromatic nitrogens is 2. The lowest BCUT2D eigenvalue weighted by Crippen LogP contribution is -2.26. The largest absolute Gasteiger partial charge is 0.480 e. The summed E-state index contributed by atoms with van der Waals surface area (Å²) in [6.07, 6.45) is 1.54. The first-order valence-electron chi connectivity index (χ1n) is 5.58. The number of nitrogens with zero attached hydrogens (tertiary/aromatic N) is 3. The molecule has 0 amide bonds. The van der Waals surface area contributed by atoms with Crippen LogP contribution in [0.1, 0.15) is 0 Å². The second kappa shape index (κ2) is 5.43. The third kappa shape index (κ3) is 3.25. The highest BCUT2D eigenvalue weighted by Gasteiger charge is 2.09. The quantitative estimate of drug-likeness (QED) is 0.909. The second-order valence-corrected chi connectivity index (χ2v) is 4.00. The normalized spacial score (nSPS) is 10.2. The molecule has 0 unspecified atom stereocenters. The van der Waals surface area contributed by atoms with Gasteiger partial charge in [-0.3, -0.25) is 4.79 Å². The fourth-order valence-corrected chi connectivity index (χ4v) is 1.58. The Balaban J connectivity index is 2.28. The van der Waals surface area contributed by atoms with Crippen molar-refractivity contribution in [2.75, 3.05) is 18.5 Å². The molecule has 1 heterocycles. The van der Waals surface area contributed by atoms with Gasteiger partial charge in [0.05, 0.1) is 0 Å². The van der Waals surface area contributed by atoms with Gasteiger partial charge < -0.3 is 10.0 Å². The summed E-state index contributed by atoms with van der Waals surface area (Å²) in [7, 11) is 1.63. The van der Waals surface area contributed by atoms with E-state index in [0.717, 1.165) is 0 Å². The third-order valence-electron chi connectivity index (χ3n) is 2.51. The van der Waals surface area contributed by atoms with E-state index < -0.39 is 5.97 Å². The molecule has 0 bridgehead atoms. The Morgan fingerprint density at radius 1 is 1.32 bits per heavy atom. The molecule has 0 aliphatic heterocycles. The second-order valence-electron chi connectivity index (χ2n) is 4.00. The van der Waals surface area contributed by atoms with Crippen LogP contribution in [0, 0.1) is 5.82 Å². The lowest BCUT2D eigenvalue weighted by Gasteiger charge is -2.15. The van der Waals surface area contributed by atoms with E-state index in [1.54, 1.807) is 31.4 Å².